The molecule has 2 N–H and O–H groups in total. The predicted octanol–water partition coefficient (Wildman–Crippen LogP) is 3.58. The van der Waals surface area contributed by atoms with Crippen LogP contribution in [0.15, 0.2) is 29.1 Å². The van der Waals surface area contributed by atoms with E-state index < -0.39 is 0 Å². The molecule has 2 atom stereocenters. The van der Waals surface area contributed by atoms with Crippen LogP contribution in [0.4, 0.5) is 0 Å². The van der Waals surface area contributed by atoms with Gasteiger partial charge in [-0.15, -0.1) is 0 Å². The number of halogens is 1. The topological polar surface area (TPSA) is 57.9 Å². The average Bonchev–Trinajstić information content (AvgIpc) is 3.18. The molecule has 1 fully saturated rings. The van der Waals surface area contributed by atoms with Gasteiger partial charge in [-0.1, -0.05) is 36.6 Å². The lowest BCUT2D eigenvalue weighted by atomic mass is 9.89. The standard InChI is InChI=1S/C17H19ClN2O2/c18-12-7-5-11(6-8-12)16-15-13(19-20-17(15)21)9-14(22-16)10-3-1-2-4-10/h5-8,10,14,16H,1-4,9H2,(H2,19,20,21)/t14-,16-/m0/s1. The molecule has 2 aromatic rings. The van der Waals surface area contributed by atoms with Gasteiger partial charge in [0.1, 0.15) is 6.10 Å². The third-order valence-corrected chi connectivity index (χ3v) is 5.23. The van der Waals surface area contributed by atoms with E-state index in [2.05, 4.69) is 10.2 Å². The number of benzene rings is 1. The molecule has 0 saturated heterocycles. The number of aromatic amines is 2. The molecule has 1 saturated carbocycles. The van der Waals surface area contributed by atoms with Crippen molar-refractivity contribution in [2.75, 3.05) is 0 Å². The highest BCUT2D eigenvalue weighted by Crippen LogP contribution is 2.39. The van der Waals surface area contributed by atoms with Gasteiger partial charge < -0.3 is 9.84 Å². The van der Waals surface area contributed by atoms with Crippen molar-refractivity contribution in [1.29, 1.82) is 0 Å². The Morgan fingerprint density at radius 3 is 2.55 bits per heavy atom. The molecule has 0 spiro atoms. The summed E-state index contributed by atoms with van der Waals surface area (Å²) in [6.45, 7) is 0. The van der Waals surface area contributed by atoms with Gasteiger partial charge in [0.2, 0.25) is 0 Å². The summed E-state index contributed by atoms with van der Waals surface area (Å²) in [5, 5.41) is 6.45. The third kappa shape index (κ3) is 2.40. The van der Waals surface area contributed by atoms with Gasteiger partial charge in [-0.05, 0) is 36.5 Å². The molecule has 0 amide bonds. The Morgan fingerprint density at radius 1 is 1.09 bits per heavy atom. The van der Waals surface area contributed by atoms with Gasteiger partial charge in [0.25, 0.3) is 5.56 Å². The molecule has 22 heavy (non-hydrogen) atoms. The van der Waals surface area contributed by atoms with Gasteiger partial charge in [0, 0.05) is 17.1 Å². The Hall–Kier alpha value is -1.52. The Morgan fingerprint density at radius 2 is 1.82 bits per heavy atom. The van der Waals surface area contributed by atoms with Crippen molar-refractivity contribution in [2.24, 2.45) is 5.92 Å². The zero-order valence-electron chi connectivity index (χ0n) is 12.3. The van der Waals surface area contributed by atoms with E-state index in [0.29, 0.717) is 10.9 Å². The Balaban J connectivity index is 1.72. The lowest BCUT2D eigenvalue weighted by Gasteiger charge is -2.33. The van der Waals surface area contributed by atoms with E-state index in [1.807, 2.05) is 24.3 Å². The van der Waals surface area contributed by atoms with Gasteiger partial charge in [0.05, 0.1) is 11.7 Å². The van der Waals surface area contributed by atoms with E-state index in [9.17, 15) is 4.79 Å². The first-order chi connectivity index (χ1) is 10.7. The Kier molecular flexibility index (Phi) is 3.59. The number of rotatable bonds is 2. The molecule has 0 bridgehead atoms. The van der Waals surface area contributed by atoms with Crippen molar-refractivity contribution >= 4 is 11.6 Å². The lowest BCUT2D eigenvalue weighted by molar-refractivity contribution is -0.0367. The van der Waals surface area contributed by atoms with Gasteiger partial charge in [-0.3, -0.25) is 9.89 Å². The van der Waals surface area contributed by atoms with Crippen molar-refractivity contribution < 1.29 is 4.74 Å². The molecule has 2 aliphatic rings. The molecule has 0 unspecified atom stereocenters. The van der Waals surface area contributed by atoms with E-state index in [1.165, 1.54) is 25.7 Å². The molecule has 0 radical (unpaired) electrons. The summed E-state index contributed by atoms with van der Waals surface area (Å²) in [5.74, 6) is 0.598. The van der Waals surface area contributed by atoms with Gasteiger partial charge in [-0.2, -0.15) is 0 Å². The SMILES string of the molecule is O=c1[nH][nH]c2c1[C@H](c1ccc(Cl)cc1)O[C@H](C1CCCC1)C2. The molecule has 116 valence electrons. The van der Waals surface area contributed by atoms with Crippen LogP contribution in [-0.2, 0) is 11.2 Å². The van der Waals surface area contributed by atoms with E-state index in [1.54, 1.807) is 0 Å². The largest absolute Gasteiger partial charge is 0.365 e. The number of fused-ring (bicyclic) bond motifs is 1. The van der Waals surface area contributed by atoms with Crippen molar-refractivity contribution in [3.05, 3.63) is 56.5 Å². The molecule has 4 nitrogen and oxygen atoms in total. The fourth-order valence-electron chi connectivity index (χ4n) is 3.82. The molecule has 4 rings (SSSR count). The van der Waals surface area contributed by atoms with Crippen LogP contribution in [0, 0.1) is 5.92 Å². The second-order valence-corrected chi connectivity index (χ2v) is 6.76. The van der Waals surface area contributed by atoms with Gasteiger partial charge >= 0.3 is 0 Å². The zero-order valence-corrected chi connectivity index (χ0v) is 13.0. The van der Waals surface area contributed by atoms with Crippen LogP contribution in [0.1, 0.15) is 48.6 Å². The minimum absolute atomic E-state index is 0.0835. The molecule has 2 heterocycles. The Labute approximate surface area is 133 Å². The number of ether oxygens (including phenoxy) is 1. The first kappa shape index (κ1) is 14.1. The number of nitrogens with one attached hydrogen (secondary N) is 2. The van der Waals surface area contributed by atoms with Crippen LogP contribution >= 0.6 is 11.6 Å². The van der Waals surface area contributed by atoms with Crippen molar-refractivity contribution in [3.63, 3.8) is 0 Å². The highest BCUT2D eigenvalue weighted by Gasteiger charge is 2.37. The van der Waals surface area contributed by atoms with Crippen molar-refractivity contribution in [1.82, 2.24) is 10.2 Å². The van der Waals surface area contributed by atoms with E-state index in [-0.39, 0.29) is 17.8 Å². The van der Waals surface area contributed by atoms with Gasteiger partial charge in [0.15, 0.2) is 0 Å². The molecule has 1 aliphatic carbocycles. The maximum Gasteiger partial charge on any atom is 0.270 e. The number of aromatic nitrogens is 2. The second kappa shape index (κ2) is 5.60. The normalized spacial score (nSPS) is 25.3. The second-order valence-electron chi connectivity index (χ2n) is 6.33. The molecule has 1 aromatic heterocycles. The van der Waals surface area contributed by atoms with Crippen molar-refractivity contribution in [2.45, 2.75) is 44.3 Å². The minimum Gasteiger partial charge on any atom is -0.365 e. The van der Waals surface area contributed by atoms with Crippen LogP contribution in [0.5, 0.6) is 0 Å². The minimum atomic E-state index is -0.304. The summed E-state index contributed by atoms with van der Waals surface area (Å²) >= 11 is 5.98. The smallest absolute Gasteiger partial charge is 0.270 e. The Bertz CT molecular complexity index is 713. The summed E-state index contributed by atoms with van der Waals surface area (Å²) < 4.78 is 6.38. The van der Waals surface area contributed by atoms with Gasteiger partial charge in [-0.25, -0.2) is 0 Å². The summed E-state index contributed by atoms with van der Waals surface area (Å²) in [6, 6.07) is 7.58. The van der Waals surface area contributed by atoms with Crippen LogP contribution in [0.25, 0.3) is 0 Å². The first-order valence-corrected chi connectivity index (χ1v) is 8.30. The van der Waals surface area contributed by atoms with E-state index in [0.717, 1.165) is 23.2 Å². The number of H-pyrrole nitrogens is 2. The molecular formula is C17H19ClN2O2. The summed E-state index contributed by atoms with van der Waals surface area (Å²) in [4.78, 5) is 12.1. The van der Waals surface area contributed by atoms with Crippen LogP contribution in [0.3, 0.4) is 0 Å². The quantitative estimate of drug-likeness (QED) is 0.889. The highest BCUT2D eigenvalue weighted by molar-refractivity contribution is 6.30. The molecule has 1 aromatic carbocycles. The fraction of sp³-hybridized carbons (Fsp3) is 0.471. The van der Waals surface area contributed by atoms with Crippen molar-refractivity contribution in [3.8, 4) is 0 Å². The fourth-order valence-corrected chi connectivity index (χ4v) is 3.95. The van der Waals surface area contributed by atoms with Crippen LogP contribution in [0.2, 0.25) is 5.02 Å². The maximum absolute atomic E-state index is 12.1. The number of hydrogen-bond acceptors (Lipinski definition) is 2. The van der Waals surface area contributed by atoms with E-state index >= 15 is 0 Å². The van der Waals surface area contributed by atoms with Crippen LogP contribution < -0.4 is 5.56 Å². The van der Waals surface area contributed by atoms with E-state index in [4.69, 9.17) is 16.3 Å². The molecule has 1 aliphatic heterocycles. The monoisotopic (exact) mass is 318 g/mol. The number of hydrogen-bond donors (Lipinski definition) is 2. The average molecular weight is 319 g/mol. The maximum atomic E-state index is 12.1. The van der Waals surface area contributed by atoms with Crippen LogP contribution in [-0.4, -0.2) is 16.3 Å². The third-order valence-electron chi connectivity index (χ3n) is 4.97. The summed E-state index contributed by atoms with van der Waals surface area (Å²) in [6.07, 6.45) is 5.69. The zero-order chi connectivity index (χ0) is 15.1. The summed E-state index contributed by atoms with van der Waals surface area (Å²) in [7, 11) is 0. The lowest BCUT2D eigenvalue weighted by Crippen LogP contribution is -2.33. The first-order valence-electron chi connectivity index (χ1n) is 7.92. The summed E-state index contributed by atoms with van der Waals surface area (Å²) in [5.41, 5.74) is 2.61. The molecule has 5 heteroatoms. The highest BCUT2D eigenvalue weighted by atomic mass is 35.5. The molecular weight excluding hydrogens is 300 g/mol. The predicted molar refractivity (Wildman–Crippen MR) is 85.2 cm³/mol.